The first-order valence-corrected chi connectivity index (χ1v) is 9.87. The van der Waals surface area contributed by atoms with E-state index in [0.717, 1.165) is 44.1 Å². The van der Waals surface area contributed by atoms with Crippen LogP contribution in [0.4, 0.5) is 11.5 Å². The Labute approximate surface area is 160 Å². The first-order chi connectivity index (χ1) is 12.8. The number of nitrogen functional groups attached to an aromatic ring is 1. The molecule has 1 saturated heterocycles. The van der Waals surface area contributed by atoms with Gasteiger partial charge in [-0.25, -0.2) is 4.98 Å². The average Bonchev–Trinajstić information content (AvgIpc) is 2.65. The van der Waals surface area contributed by atoms with Gasteiger partial charge in [0.05, 0.1) is 18.0 Å². The number of pyridine rings is 1. The van der Waals surface area contributed by atoms with Crippen LogP contribution in [0.2, 0.25) is 0 Å². The number of nitrogens with one attached hydrogen (secondary N) is 1. The third kappa shape index (κ3) is 4.58. The van der Waals surface area contributed by atoms with E-state index in [1.54, 1.807) is 17.9 Å². The summed E-state index contributed by atoms with van der Waals surface area (Å²) in [5.74, 6) is 0.0393. The van der Waals surface area contributed by atoms with Gasteiger partial charge in [-0.15, -0.1) is 0 Å². The Kier molecular flexibility index (Phi) is 5.99. The standard InChI is InChI=1S/C20H30N4O3/c1-12-3-8-17(14-4-6-16(25)7-5-14)24(11-12)20(27)19(26)23-15-9-13(2)18(21)22-10-15/h9-10,12,14,16-17,25H,3-8,11H2,1-2H3,(H2,21,22)(H,23,26). The summed E-state index contributed by atoms with van der Waals surface area (Å²) in [7, 11) is 0. The van der Waals surface area contributed by atoms with Gasteiger partial charge < -0.3 is 21.1 Å². The molecule has 4 N–H and O–H groups in total. The molecule has 2 fully saturated rings. The minimum absolute atomic E-state index is 0.0817. The highest BCUT2D eigenvalue weighted by molar-refractivity contribution is 6.39. The van der Waals surface area contributed by atoms with Crippen molar-refractivity contribution in [3.8, 4) is 0 Å². The van der Waals surface area contributed by atoms with Crippen LogP contribution in [0.15, 0.2) is 12.3 Å². The van der Waals surface area contributed by atoms with Gasteiger partial charge in [-0.05, 0) is 68.9 Å². The number of likely N-dealkylation sites (tertiary alicyclic amines) is 1. The molecular weight excluding hydrogens is 344 g/mol. The molecule has 2 heterocycles. The van der Waals surface area contributed by atoms with Crippen molar-refractivity contribution in [2.75, 3.05) is 17.6 Å². The fourth-order valence-corrected chi connectivity index (χ4v) is 4.35. The molecule has 2 unspecified atom stereocenters. The number of anilines is 2. The first-order valence-electron chi connectivity index (χ1n) is 9.87. The van der Waals surface area contributed by atoms with Crippen LogP contribution in [0.3, 0.4) is 0 Å². The molecule has 3 rings (SSSR count). The van der Waals surface area contributed by atoms with Crippen molar-refractivity contribution in [2.24, 2.45) is 11.8 Å². The zero-order chi connectivity index (χ0) is 19.6. The van der Waals surface area contributed by atoms with Crippen molar-refractivity contribution >= 4 is 23.3 Å². The maximum absolute atomic E-state index is 12.9. The molecule has 27 heavy (non-hydrogen) atoms. The minimum Gasteiger partial charge on any atom is -0.393 e. The number of aliphatic hydroxyl groups is 1. The van der Waals surface area contributed by atoms with E-state index in [4.69, 9.17) is 5.73 Å². The zero-order valence-corrected chi connectivity index (χ0v) is 16.1. The van der Waals surface area contributed by atoms with E-state index in [1.165, 1.54) is 6.20 Å². The number of aryl methyl sites for hydroxylation is 1. The number of hydrogen-bond donors (Lipinski definition) is 3. The molecule has 2 atom stereocenters. The Morgan fingerprint density at radius 2 is 1.93 bits per heavy atom. The Balaban J connectivity index is 1.70. The molecule has 7 nitrogen and oxygen atoms in total. The van der Waals surface area contributed by atoms with Crippen molar-refractivity contribution in [3.05, 3.63) is 17.8 Å². The lowest BCUT2D eigenvalue weighted by atomic mass is 9.77. The number of piperidine rings is 1. The number of aromatic nitrogens is 1. The number of amides is 2. The molecule has 1 aliphatic heterocycles. The number of rotatable bonds is 2. The van der Waals surface area contributed by atoms with E-state index in [-0.39, 0.29) is 12.1 Å². The van der Waals surface area contributed by atoms with Crippen LogP contribution in [0.25, 0.3) is 0 Å². The second-order valence-corrected chi connectivity index (χ2v) is 8.16. The van der Waals surface area contributed by atoms with Crippen molar-refractivity contribution in [2.45, 2.75) is 64.5 Å². The van der Waals surface area contributed by atoms with Crippen molar-refractivity contribution < 1.29 is 14.7 Å². The summed E-state index contributed by atoms with van der Waals surface area (Å²) >= 11 is 0. The third-order valence-corrected chi connectivity index (χ3v) is 5.98. The predicted octanol–water partition coefficient (Wildman–Crippen LogP) is 2.09. The lowest BCUT2D eigenvalue weighted by Gasteiger charge is -2.44. The van der Waals surface area contributed by atoms with E-state index in [0.29, 0.717) is 29.9 Å². The van der Waals surface area contributed by atoms with Gasteiger partial charge in [-0.1, -0.05) is 6.92 Å². The monoisotopic (exact) mass is 374 g/mol. The van der Waals surface area contributed by atoms with E-state index in [1.807, 2.05) is 0 Å². The van der Waals surface area contributed by atoms with Gasteiger partial charge in [0.25, 0.3) is 0 Å². The van der Waals surface area contributed by atoms with Gasteiger partial charge in [0.15, 0.2) is 0 Å². The summed E-state index contributed by atoms with van der Waals surface area (Å²) < 4.78 is 0. The van der Waals surface area contributed by atoms with E-state index >= 15 is 0 Å². The van der Waals surface area contributed by atoms with Crippen LogP contribution in [0.5, 0.6) is 0 Å². The SMILES string of the molecule is Cc1cc(NC(=O)C(=O)N2CC(C)CCC2C2CCC(O)CC2)cnc1N. The smallest absolute Gasteiger partial charge is 0.313 e. The number of aliphatic hydroxyl groups excluding tert-OH is 1. The molecule has 0 spiro atoms. The number of nitrogens with two attached hydrogens (primary N) is 1. The number of nitrogens with zero attached hydrogens (tertiary/aromatic N) is 2. The fraction of sp³-hybridized carbons (Fsp3) is 0.650. The second kappa shape index (κ2) is 8.25. The number of carbonyl (C=O) groups is 2. The van der Waals surface area contributed by atoms with Gasteiger partial charge in [0.2, 0.25) is 0 Å². The normalized spacial score (nSPS) is 28.6. The highest BCUT2D eigenvalue weighted by Crippen LogP contribution is 2.35. The second-order valence-electron chi connectivity index (χ2n) is 8.16. The van der Waals surface area contributed by atoms with Gasteiger partial charge in [0.1, 0.15) is 5.82 Å². The minimum atomic E-state index is -0.629. The molecule has 1 saturated carbocycles. The van der Waals surface area contributed by atoms with Crippen molar-refractivity contribution in [1.29, 1.82) is 0 Å². The van der Waals surface area contributed by atoms with E-state index in [9.17, 15) is 14.7 Å². The maximum atomic E-state index is 12.9. The molecule has 1 aromatic rings. The summed E-state index contributed by atoms with van der Waals surface area (Å²) in [5, 5.41) is 12.4. The Bertz CT molecular complexity index is 700. The van der Waals surface area contributed by atoms with Gasteiger partial charge in [-0.2, -0.15) is 0 Å². The summed E-state index contributed by atoms with van der Waals surface area (Å²) in [6.45, 7) is 4.53. The Morgan fingerprint density at radius 3 is 2.59 bits per heavy atom. The van der Waals surface area contributed by atoms with Gasteiger partial charge >= 0.3 is 11.8 Å². The first kappa shape index (κ1) is 19.6. The molecule has 1 aliphatic carbocycles. The predicted molar refractivity (Wildman–Crippen MR) is 104 cm³/mol. The zero-order valence-electron chi connectivity index (χ0n) is 16.1. The summed E-state index contributed by atoms with van der Waals surface area (Å²) in [6.07, 6.45) is 6.60. The van der Waals surface area contributed by atoms with Crippen LogP contribution >= 0.6 is 0 Å². The molecule has 7 heteroatoms. The topological polar surface area (TPSA) is 109 Å². The van der Waals surface area contributed by atoms with Crippen LogP contribution in [-0.2, 0) is 9.59 Å². The number of carbonyl (C=O) groups excluding carboxylic acids is 2. The molecule has 2 amide bonds. The fourth-order valence-electron chi connectivity index (χ4n) is 4.35. The lowest BCUT2D eigenvalue weighted by molar-refractivity contribution is -0.148. The summed E-state index contributed by atoms with van der Waals surface area (Å²) in [6, 6.07) is 1.80. The van der Waals surface area contributed by atoms with Crippen LogP contribution in [-0.4, -0.2) is 45.5 Å². The highest BCUT2D eigenvalue weighted by Gasteiger charge is 2.38. The van der Waals surface area contributed by atoms with E-state index < -0.39 is 11.8 Å². The largest absolute Gasteiger partial charge is 0.393 e. The molecule has 0 aromatic carbocycles. The Hall–Kier alpha value is -2.15. The third-order valence-electron chi connectivity index (χ3n) is 5.98. The maximum Gasteiger partial charge on any atom is 0.313 e. The molecule has 148 valence electrons. The highest BCUT2D eigenvalue weighted by atomic mass is 16.3. The Morgan fingerprint density at radius 1 is 1.22 bits per heavy atom. The molecule has 0 bridgehead atoms. The van der Waals surface area contributed by atoms with Crippen molar-refractivity contribution in [3.63, 3.8) is 0 Å². The average molecular weight is 374 g/mol. The quantitative estimate of drug-likeness (QED) is 0.687. The van der Waals surface area contributed by atoms with Crippen molar-refractivity contribution in [1.82, 2.24) is 9.88 Å². The molecule has 0 radical (unpaired) electrons. The van der Waals surface area contributed by atoms with Crippen LogP contribution in [0, 0.1) is 18.8 Å². The molecule has 1 aromatic heterocycles. The van der Waals surface area contributed by atoms with Gasteiger partial charge in [-0.3, -0.25) is 9.59 Å². The molecular formula is C20H30N4O3. The summed E-state index contributed by atoms with van der Waals surface area (Å²) in [5.41, 5.74) is 6.93. The van der Waals surface area contributed by atoms with Crippen LogP contribution < -0.4 is 11.1 Å². The van der Waals surface area contributed by atoms with Crippen LogP contribution in [0.1, 0.15) is 51.0 Å². The number of hydrogen-bond acceptors (Lipinski definition) is 5. The van der Waals surface area contributed by atoms with Gasteiger partial charge in [0, 0.05) is 12.6 Å². The lowest BCUT2D eigenvalue weighted by Crippen LogP contribution is -2.53. The summed E-state index contributed by atoms with van der Waals surface area (Å²) in [4.78, 5) is 31.3. The molecule has 2 aliphatic rings. The van der Waals surface area contributed by atoms with E-state index in [2.05, 4.69) is 17.2 Å².